The molecule has 0 heterocycles. The first kappa shape index (κ1) is 20.4. The van der Waals surface area contributed by atoms with Gasteiger partial charge in [-0.05, 0) is 32.6 Å². The van der Waals surface area contributed by atoms with E-state index in [0.717, 1.165) is 44.2 Å². The summed E-state index contributed by atoms with van der Waals surface area (Å²) < 4.78 is 10.6. The number of nitrogens with zero attached hydrogens (tertiary/aromatic N) is 1. The summed E-state index contributed by atoms with van der Waals surface area (Å²) in [7, 11) is 0. The average molecular weight is 314 g/mol. The fourth-order valence-electron chi connectivity index (χ4n) is 1.64. The van der Waals surface area contributed by atoms with E-state index in [9.17, 15) is 0 Å². The Morgan fingerprint density at radius 2 is 2.05 bits per heavy atom. The summed E-state index contributed by atoms with van der Waals surface area (Å²) in [6.07, 6.45) is 6.37. The Balaban J connectivity index is 0.00000191. The van der Waals surface area contributed by atoms with E-state index in [1.807, 2.05) is 20.8 Å². The normalized spacial score (nSPS) is 13.9. The molecule has 1 N–H and O–H groups in total. The number of ether oxygens (including phenoxy) is 2. The molecule has 0 aromatic heterocycles. The molecule has 0 saturated heterocycles. The summed E-state index contributed by atoms with van der Waals surface area (Å²) in [5.74, 6) is 0.886. The van der Waals surface area contributed by atoms with Crippen molar-refractivity contribution in [3.63, 3.8) is 0 Å². The molecule has 122 valence electrons. The molecule has 1 rings (SSSR count). The van der Waals surface area contributed by atoms with E-state index in [1.165, 1.54) is 4.91 Å². The predicted molar refractivity (Wildman–Crippen MR) is 94.1 cm³/mol. The Morgan fingerprint density at radius 3 is 2.76 bits per heavy atom. The molecular formula is C16H30N2O2S. The highest BCUT2D eigenvalue weighted by Gasteiger charge is 2.07. The predicted octanol–water partition coefficient (Wildman–Crippen LogP) is 3.61. The summed E-state index contributed by atoms with van der Waals surface area (Å²) in [6.45, 7) is 13.3. The third-order valence-electron chi connectivity index (χ3n) is 2.62. The summed E-state index contributed by atoms with van der Waals surface area (Å²) >= 11 is 1.81. The van der Waals surface area contributed by atoms with Gasteiger partial charge in [0.25, 0.3) is 0 Å². The lowest BCUT2D eigenvalue weighted by atomic mass is 10.1. The number of aliphatic imine (C=N–C) groups is 1. The van der Waals surface area contributed by atoms with Gasteiger partial charge in [-0.25, -0.2) is 0 Å². The molecule has 5 heteroatoms. The summed E-state index contributed by atoms with van der Waals surface area (Å²) in [4.78, 5) is 5.36. The van der Waals surface area contributed by atoms with Crippen LogP contribution in [0.3, 0.4) is 0 Å². The molecule has 0 atom stereocenters. The maximum absolute atomic E-state index is 5.42. The minimum atomic E-state index is 0.670. The fraction of sp³-hybridized carbons (Fsp3) is 0.688. The van der Waals surface area contributed by atoms with Crippen LogP contribution in [0.15, 0.2) is 27.7 Å². The Hall–Kier alpha value is -0.620. The number of rotatable bonds is 11. The highest BCUT2D eigenvalue weighted by molar-refractivity contribution is 8.03. The molecule has 0 aromatic rings. The minimum absolute atomic E-state index is 0.670. The number of thioether (sulfide) groups is 1. The van der Waals surface area contributed by atoms with Crippen molar-refractivity contribution in [2.75, 3.05) is 38.8 Å². The lowest BCUT2D eigenvalue weighted by molar-refractivity contribution is 0.0544. The van der Waals surface area contributed by atoms with E-state index in [-0.39, 0.29) is 0 Å². The molecule has 0 unspecified atom stereocenters. The summed E-state index contributed by atoms with van der Waals surface area (Å²) in [6, 6.07) is 0. The zero-order chi connectivity index (χ0) is 15.8. The molecule has 21 heavy (non-hydrogen) atoms. The van der Waals surface area contributed by atoms with Gasteiger partial charge in [0.2, 0.25) is 0 Å². The molecule has 0 spiro atoms. The van der Waals surface area contributed by atoms with Crippen molar-refractivity contribution in [3.05, 3.63) is 22.8 Å². The van der Waals surface area contributed by atoms with E-state index in [2.05, 4.69) is 29.2 Å². The zero-order valence-electron chi connectivity index (χ0n) is 13.7. The molecule has 0 fully saturated rings. The van der Waals surface area contributed by atoms with Crippen LogP contribution < -0.4 is 5.32 Å². The fourth-order valence-corrected chi connectivity index (χ4v) is 2.60. The number of hydrogen-bond donors (Lipinski definition) is 1. The van der Waals surface area contributed by atoms with E-state index in [1.54, 1.807) is 11.8 Å². The smallest absolute Gasteiger partial charge is 0.0714 e. The van der Waals surface area contributed by atoms with Gasteiger partial charge in [-0.3, -0.25) is 4.99 Å². The lowest BCUT2D eigenvalue weighted by Crippen LogP contribution is -2.20. The Kier molecular flexibility index (Phi) is 15.3. The van der Waals surface area contributed by atoms with Gasteiger partial charge in [0.05, 0.1) is 25.5 Å². The van der Waals surface area contributed by atoms with Crippen LogP contribution in [0.5, 0.6) is 0 Å². The van der Waals surface area contributed by atoms with Crippen LogP contribution in [-0.4, -0.2) is 45.6 Å². The first-order chi connectivity index (χ1) is 10.4. The van der Waals surface area contributed by atoms with Crippen LogP contribution in [0.4, 0.5) is 0 Å². The van der Waals surface area contributed by atoms with Crippen molar-refractivity contribution in [2.45, 2.75) is 33.6 Å². The molecule has 0 aliphatic heterocycles. The molecule has 1 aliphatic carbocycles. The Bertz CT molecular complexity index is 317. The monoisotopic (exact) mass is 314 g/mol. The number of hydrogen-bond acceptors (Lipinski definition) is 5. The van der Waals surface area contributed by atoms with Gasteiger partial charge in [-0.1, -0.05) is 19.9 Å². The van der Waals surface area contributed by atoms with E-state index in [0.29, 0.717) is 13.2 Å². The van der Waals surface area contributed by atoms with Crippen molar-refractivity contribution in [1.29, 1.82) is 0 Å². The van der Waals surface area contributed by atoms with Crippen molar-refractivity contribution in [2.24, 2.45) is 4.99 Å². The van der Waals surface area contributed by atoms with Gasteiger partial charge in [0, 0.05) is 23.9 Å². The Labute approximate surface area is 134 Å². The maximum Gasteiger partial charge on any atom is 0.0714 e. The maximum atomic E-state index is 5.42. The highest BCUT2D eigenvalue weighted by Crippen LogP contribution is 2.28. The average Bonchev–Trinajstić information content (AvgIpc) is 2.55. The molecule has 4 nitrogen and oxygen atoms in total. The van der Waals surface area contributed by atoms with E-state index < -0.39 is 0 Å². The van der Waals surface area contributed by atoms with Gasteiger partial charge >= 0.3 is 0 Å². The lowest BCUT2D eigenvalue weighted by Gasteiger charge is -2.12. The van der Waals surface area contributed by atoms with Gasteiger partial charge in [0.15, 0.2) is 0 Å². The topological polar surface area (TPSA) is 42.9 Å². The quantitative estimate of drug-likeness (QED) is 0.359. The third-order valence-corrected chi connectivity index (χ3v) is 3.73. The van der Waals surface area contributed by atoms with Crippen LogP contribution in [0, 0.1) is 0 Å². The van der Waals surface area contributed by atoms with Crippen LogP contribution in [0.1, 0.15) is 33.6 Å². The minimum Gasteiger partial charge on any atom is -0.379 e. The second-order valence-electron chi connectivity index (χ2n) is 4.01. The van der Waals surface area contributed by atoms with Crippen molar-refractivity contribution in [1.82, 2.24) is 5.32 Å². The number of nitrogens with one attached hydrogen (secondary N) is 1. The second kappa shape index (κ2) is 15.8. The van der Waals surface area contributed by atoms with Crippen LogP contribution in [0.2, 0.25) is 0 Å². The van der Waals surface area contributed by atoms with Crippen molar-refractivity contribution >= 4 is 18.5 Å². The Morgan fingerprint density at radius 1 is 1.29 bits per heavy atom. The van der Waals surface area contributed by atoms with Crippen molar-refractivity contribution < 1.29 is 9.47 Å². The van der Waals surface area contributed by atoms with Crippen molar-refractivity contribution in [3.8, 4) is 0 Å². The molecule has 1 aliphatic rings. The van der Waals surface area contributed by atoms with E-state index in [4.69, 9.17) is 9.47 Å². The molecule has 0 aromatic carbocycles. The van der Waals surface area contributed by atoms with Crippen LogP contribution in [-0.2, 0) is 9.47 Å². The van der Waals surface area contributed by atoms with E-state index >= 15 is 0 Å². The molecular weight excluding hydrogens is 284 g/mol. The third kappa shape index (κ3) is 10.7. The first-order valence-corrected chi connectivity index (χ1v) is 8.72. The zero-order valence-corrected chi connectivity index (χ0v) is 14.5. The highest BCUT2D eigenvalue weighted by atomic mass is 32.2. The summed E-state index contributed by atoms with van der Waals surface area (Å²) in [5.41, 5.74) is 1.02. The first-order valence-electron chi connectivity index (χ1n) is 7.74. The largest absolute Gasteiger partial charge is 0.379 e. The number of allylic oxidation sites excluding steroid dienone is 3. The summed E-state index contributed by atoms with van der Waals surface area (Å²) in [5, 5.41) is 3.35. The second-order valence-corrected chi connectivity index (χ2v) is 5.08. The molecule has 0 saturated carbocycles. The molecule has 0 bridgehead atoms. The van der Waals surface area contributed by atoms with Gasteiger partial charge in [0.1, 0.15) is 0 Å². The van der Waals surface area contributed by atoms with Crippen LogP contribution >= 0.6 is 11.8 Å². The van der Waals surface area contributed by atoms with Crippen LogP contribution in [0.25, 0.3) is 0 Å². The molecule has 0 radical (unpaired) electrons. The van der Waals surface area contributed by atoms with Gasteiger partial charge in [-0.15, -0.1) is 11.8 Å². The van der Waals surface area contributed by atoms with Gasteiger partial charge < -0.3 is 14.8 Å². The molecule has 0 amide bonds. The standard InChI is InChI=1S/C14H24N2O2S.C2H6/c1-3-17-10-11-18-9-8-16-12-19-14-7-5-4-6-13(14)15-2;1-2/h4,6,16H,2-3,5,7-12H2,1H3;1-2H3. The SMILES string of the molecule is C=NC1=C(SCNCCOCCOCC)CCC=C1.CC. The van der Waals surface area contributed by atoms with Gasteiger partial charge in [-0.2, -0.15) is 0 Å².